The molecule has 0 aliphatic heterocycles. The minimum Gasteiger partial charge on any atom is -0.478 e. The summed E-state index contributed by atoms with van der Waals surface area (Å²) in [4.78, 5) is 14.6. The van der Waals surface area contributed by atoms with Gasteiger partial charge in [-0.1, -0.05) is 12.1 Å². The normalized spacial score (nSPS) is 10.4. The van der Waals surface area contributed by atoms with Crippen molar-refractivity contribution in [1.29, 1.82) is 0 Å². The molecule has 1 aromatic carbocycles. The Morgan fingerprint density at radius 3 is 2.79 bits per heavy atom. The number of carbonyl (C=O) groups is 1. The average Bonchev–Trinajstić information content (AvgIpc) is 2.88. The predicted octanol–water partition coefficient (Wildman–Crippen LogP) is 3.43. The Morgan fingerprint density at radius 1 is 1.37 bits per heavy atom. The quantitative estimate of drug-likeness (QED) is 0.908. The first-order chi connectivity index (χ1) is 9.08. The van der Waals surface area contributed by atoms with Gasteiger partial charge in [-0.05, 0) is 42.5 Å². The largest absolute Gasteiger partial charge is 0.478 e. The molecule has 0 atom stereocenters. The molecule has 0 unspecified atom stereocenters. The topological polar surface area (TPSA) is 40.5 Å². The van der Waals surface area contributed by atoms with Crippen LogP contribution in [0.25, 0.3) is 0 Å². The van der Waals surface area contributed by atoms with Crippen molar-refractivity contribution in [2.75, 3.05) is 18.5 Å². The summed E-state index contributed by atoms with van der Waals surface area (Å²) in [6.45, 7) is 2.78. The Labute approximate surface area is 117 Å². The molecule has 1 aromatic heterocycles. The molecule has 0 fully saturated rings. The molecule has 2 rings (SSSR count). The maximum absolute atomic E-state index is 11.2. The number of anilines is 1. The number of rotatable bonds is 5. The first-order valence-corrected chi connectivity index (χ1v) is 7.03. The fourth-order valence-corrected chi connectivity index (χ4v) is 2.69. The molecular weight excluding hydrogens is 258 g/mol. The van der Waals surface area contributed by atoms with E-state index in [1.807, 2.05) is 37.1 Å². The summed E-state index contributed by atoms with van der Waals surface area (Å²) in [6, 6.07) is 9.58. The van der Waals surface area contributed by atoms with Crippen molar-refractivity contribution >= 4 is 23.0 Å². The molecule has 100 valence electrons. The van der Waals surface area contributed by atoms with E-state index in [4.69, 9.17) is 0 Å². The Hall–Kier alpha value is -1.81. The van der Waals surface area contributed by atoms with Crippen LogP contribution in [0.5, 0.6) is 0 Å². The highest BCUT2D eigenvalue weighted by Crippen LogP contribution is 2.22. The number of thiophene rings is 1. The molecule has 0 aliphatic carbocycles. The zero-order valence-corrected chi connectivity index (χ0v) is 11.9. The highest BCUT2D eigenvalue weighted by Gasteiger charge is 2.13. The molecule has 3 nitrogen and oxygen atoms in total. The van der Waals surface area contributed by atoms with Gasteiger partial charge in [0.1, 0.15) is 0 Å². The summed E-state index contributed by atoms with van der Waals surface area (Å²) >= 11 is 1.73. The van der Waals surface area contributed by atoms with Crippen LogP contribution in [-0.4, -0.2) is 24.7 Å². The van der Waals surface area contributed by atoms with E-state index in [-0.39, 0.29) is 0 Å². The molecule has 0 amide bonds. The minimum absolute atomic E-state index is 0.360. The van der Waals surface area contributed by atoms with E-state index in [0.29, 0.717) is 5.56 Å². The van der Waals surface area contributed by atoms with Crippen molar-refractivity contribution < 1.29 is 9.90 Å². The minimum atomic E-state index is -0.877. The van der Waals surface area contributed by atoms with E-state index < -0.39 is 5.97 Å². The van der Waals surface area contributed by atoms with Gasteiger partial charge in [0.2, 0.25) is 0 Å². The second-order valence-corrected chi connectivity index (χ2v) is 5.61. The van der Waals surface area contributed by atoms with Gasteiger partial charge in [-0.3, -0.25) is 0 Å². The SMILES string of the molecule is Cc1ccc(C(=O)O)c(N(C)CCc2cccs2)c1. The third kappa shape index (κ3) is 3.35. The number of likely N-dealkylation sites (N-methyl/N-ethyl adjacent to an activating group) is 1. The van der Waals surface area contributed by atoms with Crippen molar-refractivity contribution in [2.24, 2.45) is 0 Å². The van der Waals surface area contributed by atoms with Crippen molar-refractivity contribution in [2.45, 2.75) is 13.3 Å². The molecule has 4 heteroatoms. The van der Waals surface area contributed by atoms with Gasteiger partial charge < -0.3 is 10.0 Å². The van der Waals surface area contributed by atoms with E-state index in [2.05, 4.69) is 11.4 Å². The average molecular weight is 275 g/mol. The van der Waals surface area contributed by atoms with Crippen LogP contribution in [0.15, 0.2) is 35.7 Å². The third-order valence-electron chi connectivity index (χ3n) is 3.07. The van der Waals surface area contributed by atoms with Crippen LogP contribution >= 0.6 is 11.3 Å². The first kappa shape index (κ1) is 13.6. The molecule has 0 saturated carbocycles. The van der Waals surface area contributed by atoms with Gasteiger partial charge in [-0.2, -0.15) is 0 Å². The fourth-order valence-electron chi connectivity index (χ4n) is 1.99. The molecule has 0 spiro atoms. The number of carboxylic acids is 1. The maximum atomic E-state index is 11.2. The van der Waals surface area contributed by atoms with E-state index >= 15 is 0 Å². The van der Waals surface area contributed by atoms with E-state index in [1.54, 1.807) is 17.4 Å². The second-order valence-electron chi connectivity index (χ2n) is 4.58. The van der Waals surface area contributed by atoms with Crippen LogP contribution in [0.2, 0.25) is 0 Å². The molecule has 0 radical (unpaired) electrons. The lowest BCUT2D eigenvalue weighted by Gasteiger charge is -2.21. The molecule has 1 N–H and O–H groups in total. The molecule has 19 heavy (non-hydrogen) atoms. The van der Waals surface area contributed by atoms with Gasteiger partial charge in [0.25, 0.3) is 0 Å². The number of aromatic carboxylic acids is 1. The number of hydrogen-bond acceptors (Lipinski definition) is 3. The lowest BCUT2D eigenvalue weighted by Crippen LogP contribution is -2.22. The Kier molecular flexibility index (Phi) is 4.22. The smallest absolute Gasteiger partial charge is 0.337 e. The van der Waals surface area contributed by atoms with Gasteiger partial charge >= 0.3 is 5.97 Å². The van der Waals surface area contributed by atoms with Gasteiger partial charge in [-0.25, -0.2) is 4.79 Å². The van der Waals surface area contributed by atoms with Gasteiger partial charge in [-0.15, -0.1) is 11.3 Å². The van der Waals surface area contributed by atoms with Crippen molar-refractivity contribution in [3.05, 3.63) is 51.7 Å². The van der Waals surface area contributed by atoms with E-state index in [0.717, 1.165) is 24.2 Å². The van der Waals surface area contributed by atoms with Crippen LogP contribution in [-0.2, 0) is 6.42 Å². The van der Waals surface area contributed by atoms with Gasteiger partial charge in [0, 0.05) is 18.5 Å². The summed E-state index contributed by atoms with van der Waals surface area (Å²) in [5, 5.41) is 11.3. The van der Waals surface area contributed by atoms with Gasteiger partial charge in [0.05, 0.1) is 11.3 Å². The van der Waals surface area contributed by atoms with Crippen LogP contribution in [0.1, 0.15) is 20.8 Å². The summed E-state index contributed by atoms with van der Waals surface area (Å²) in [6.07, 6.45) is 0.932. The zero-order chi connectivity index (χ0) is 13.8. The van der Waals surface area contributed by atoms with Crippen molar-refractivity contribution in [1.82, 2.24) is 0 Å². The second kappa shape index (κ2) is 5.89. The summed E-state index contributed by atoms with van der Waals surface area (Å²) in [5.41, 5.74) is 2.21. The summed E-state index contributed by atoms with van der Waals surface area (Å²) in [5.74, 6) is -0.877. The lowest BCUT2D eigenvalue weighted by molar-refractivity contribution is 0.0697. The molecule has 2 aromatic rings. The van der Waals surface area contributed by atoms with Crippen LogP contribution in [0, 0.1) is 6.92 Å². The highest BCUT2D eigenvalue weighted by molar-refractivity contribution is 7.09. The molecular formula is C15H17NO2S. The lowest BCUT2D eigenvalue weighted by atomic mass is 10.1. The van der Waals surface area contributed by atoms with Crippen molar-refractivity contribution in [3.8, 4) is 0 Å². The van der Waals surface area contributed by atoms with E-state index in [1.165, 1.54) is 4.88 Å². The predicted molar refractivity (Wildman–Crippen MR) is 79.4 cm³/mol. The number of nitrogens with zero attached hydrogens (tertiary/aromatic N) is 1. The summed E-state index contributed by atoms with van der Waals surface area (Å²) in [7, 11) is 1.94. The summed E-state index contributed by atoms with van der Waals surface area (Å²) < 4.78 is 0. The Morgan fingerprint density at radius 2 is 2.16 bits per heavy atom. The van der Waals surface area contributed by atoms with Crippen molar-refractivity contribution in [3.63, 3.8) is 0 Å². The molecule has 0 saturated heterocycles. The Bertz CT molecular complexity index is 564. The number of hydrogen-bond donors (Lipinski definition) is 1. The van der Waals surface area contributed by atoms with Crippen LogP contribution < -0.4 is 4.90 Å². The monoisotopic (exact) mass is 275 g/mol. The van der Waals surface area contributed by atoms with Crippen LogP contribution in [0.3, 0.4) is 0 Å². The molecule has 0 aliphatic rings. The molecule has 0 bridgehead atoms. The van der Waals surface area contributed by atoms with Gasteiger partial charge in [0.15, 0.2) is 0 Å². The number of aryl methyl sites for hydroxylation is 1. The maximum Gasteiger partial charge on any atom is 0.337 e. The number of benzene rings is 1. The Balaban J connectivity index is 2.15. The standard InChI is InChI=1S/C15H17NO2S/c1-11-5-6-13(15(17)18)14(10-11)16(2)8-7-12-4-3-9-19-12/h3-6,9-10H,7-8H2,1-2H3,(H,17,18). The number of carboxylic acid groups (broad SMARTS) is 1. The fraction of sp³-hybridized carbons (Fsp3) is 0.267. The van der Waals surface area contributed by atoms with E-state index in [9.17, 15) is 9.90 Å². The zero-order valence-electron chi connectivity index (χ0n) is 11.1. The van der Waals surface area contributed by atoms with Crippen LogP contribution in [0.4, 0.5) is 5.69 Å². The highest BCUT2D eigenvalue weighted by atomic mass is 32.1. The first-order valence-electron chi connectivity index (χ1n) is 6.15. The molecule has 1 heterocycles. The third-order valence-corrected chi connectivity index (χ3v) is 4.00.